The van der Waals surface area contributed by atoms with Crippen molar-refractivity contribution in [2.75, 3.05) is 7.11 Å². The molecule has 1 atom stereocenters. The summed E-state index contributed by atoms with van der Waals surface area (Å²) in [5, 5.41) is 18.1. The Hall–Kier alpha value is -1.26. The van der Waals surface area contributed by atoms with E-state index in [1.54, 1.807) is 0 Å². The van der Waals surface area contributed by atoms with Crippen LogP contribution in [0.5, 0.6) is 11.5 Å². The molecule has 0 bridgehead atoms. The molecule has 0 spiro atoms. The number of rotatable bonds is 2. The first-order valence-electron chi connectivity index (χ1n) is 3.45. The standard InChI is InChI=1S/C8H11NO3/c1-12-7-4-5(8(9)11)2-3-6(7)10/h2-4,8,10-11H,9H2,1H3. The van der Waals surface area contributed by atoms with Crippen LogP contribution in [0.3, 0.4) is 0 Å². The van der Waals surface area contributed by atoms with E-state index in [4.69, 9.17) is 20.7 Å². The van der Waals surface area contributed by atoms with Gasteiger partial charge in [0.2, 0.25) is 0 Å². The molecule has 12 heavy (non-hydrogen) atoms. The average molecular weight is 169 g/mol. The predicted molar refractivity (Wildman–Crippen MR) is 43.8 cm³/mol. The third kappa shape index (κ3) is 1.66. The minimum atomic E-state index is -1.04. The Morgan fingerprint density at radius 1 is 1.50 bits per heavy atom. The van der Waals surface area contributed by atoms with Gasteiger partial charge in [-0.25, -0.2) is 0 Å². The molecular weight excluding hydrogens is 158 g/mol. The van der Waals surface area contributed by atoms with E-state index in [1.807, 2.05) is 0 Å². The third-order valence-corrected chi connectivity index (χ3v) is 1.55. The molecule has 0 aromatic heterocycles. The minimum absolute atomic E-state index is 0.0295. The molecule has 1 unspecified atom stereocenters. The summed E-state index contributed by atoms with van der Waals surface area (Å²) in [6, 6.07) is 4.44. The second-order valence-corrected chi connectivity index (χ2v) is 2.38. The van der Waals surface area contributed by atoms with Gasteiger partial charge >= 0.3 is 0 Å². The summed E-state index contributed by atoms with van der Waals surface area (Å²) >= 11 is 0. The van der Waals surface area contributed by atoms with Crippen molar-refractivity contribution in [1.29, 1.82) is 0 Å². The summed E-state index contributed by atoms with van der Waals surface area (Å²) in [5.41, 5.74) is 5.71. The second kappa shape index (κ2) is 3.42. The van der Waals surface area contributed by atoms with Gasteiger partial charge in [-0.2, -0.15) is 0 Å². The number of benzene rings is 1. The average Bonchev–Trinajstić information content (AvgIpc) is 2.05. The van der Waals surface area contributed by atoms with E-state index in [0.29, 0.717) is 11.3 Å². The number of methoxy groups -OCH3 is 1. The lowest BCUT2D eigenvalue weighted by Crippen LogP contribution is -2.08. The zero-order valence-electron chi connectivity index (χ0n) is 6.69. The fourth-order valence-corrected chi connectivity index (χ4v) is 0.878. The summed E-state index contributed by atoms with van der Waals surface area (Å²) < 4.78 is 4.82. The van der Waals surface area contributed by atoms with E-state index in [0.717, 1.165) is 0 Å². The van der Waals surface area contributed by atoms with E-state index >= 15 is 0 Å². The molecule has 1 aromatic carbocycles. The lowest BCUT2D eigenvalue weighted by molar-refractivity contribution is 0.185. The maximum absolute atomic E-state index is 9.17. The van der Waals surface area contributed by atoms with E-state index < -0.39 is 6.23 Å². The maximum atomic E-state index is 9.17. The van der Waals surface area contributed by atoms with Crippen molar-refractivity contribution in [3.63, 3.8) is 0 Å². The Bertz CT molecular complexity index is 273. The van der Waals surface area contributed by atoms with Crippen molar-refractivity contribution in [3.8, 4) is 11.5 Å². The Balaban J connectivity index is 3.05. The van der Waals surface area contributed by atoms with Crippen molar-refractivity contribution >= 4 is 0 Å². The van der Waals surface area contributed by atoms with Gasteiger partial charge in [-0.3, -0.25) is 0 Å². The molecule has 1 rings (SSSR count). The van der Waals surface area contributed by atoms with Gasteiger partial charge < -0.3 is 20.7 Å². The van der Waals surface area contributed by atoms with Crippen LogP contribution in [-0.4, -0.2) is 17.3 Å². The molecule has 4 nitrogen and oxygen atoms in total. The van der Waals surface area contributed by atoms with Gasteiger partial charge in [0, 0.05) is 0 Å². The first-order chi connectivity index (χ1) is 5.65. The van der Waals surface area contributed by atoms with Crippen molar-refractivity contribution in [3.05, 3.63) is 23.8 Å². The van der Waals surface area contributed by atoms with Gasteiger partial charge in [0.15, 0.2) is 11.5 Å². The number of hydrogen-bond acceptors (Lipinski definition) is 4. The number of aromatic hydroxyl groups is 1. The lowest BCUT2D eigenvalue weighted by Gasteiger charge is -2.07. The number of phenols is 1. The second-order valence-electron chi connectivity index (χ2n) is 2.38. The van der Waals surface area contributed by atoms with Crippen LogP contribution in [-0.2, 0) is 0 Å². The first kappa shape index (κ1) is 8.83. The molecule has 0 radical (unpaired) electrons. The normalized spacial score (nSPS) is 12.6. The molecule has 0 aliphatic rings. The highest BCUT2D eigenvalue weighted by molar-refractivity contribution is 5.42. The van der Waals surface area contributed by atoms with Gasteiger partial charge in [0.05, 0.1) is 7.11 Å². The highest BCUT2D eigenvalue weighted by Gasteiger charge is 2.05. The van der Waals surface area contributed by atoms with Crippen molar-refractivity contribution < 1.29 is 14.9 Å². The first-order valence-corrected chi connectivity index (χ1v) is 3.45. The molecule has 0 amide bonds. The Labute approximate surface area is 70.2 Å². The smallest absolute Gasteiger partial charge is 0.160 e. The van der Waals surface area contributed by atoms with Crippen LogP contribution in [0.1, 0.15) is 11.8 Å². The summed E-state index contributed by atoms with van der Waals surface area (Å²) in [6.45, 7) is 0. The monoisotopic (exact) mass is 169 g/mol. The van der Waals surface area contributed by atoms with Crippen LogP contribution in [0.15, 0.2) is 18.2 Å². The number of aliphatic hydroxyl groups excluding tert-OH is 1. The zero-order chi connectivity index (χ0) is 9.14. The summed E-state index contributed by atoms with van der Waals surface area (Å²) in [4.78, 5) is 0. The Kier molecular flexibility index (Phi) is 2.52. The topological polar surface area (TPSA) is 75.7 Å². The fourth-order valence-electron chi connectivity index (χ4n) is 0.878. The molecule has 0 aliphatic heterocycles. The predicted octanol–water partition coefficient (Wildman–Crippen LogP) is 0.350. The highest BCUT2D eigenvalue weighted by atomic mass is 16.5. The molecule has 0 heterocycles. The third-order valence-electron chi connectivity index (χ3n) is 1.55. The van der Waals surface area contributed by atoms with Gasteiger partial charge in [-0.15, -0.1) is 0 Å². The Morgan fingerprint density at radius 3 is 2.67 bits per heavy atom. The van der Waals surface area contributed by atoms with Crippen molar-refractivity contribution in [1.82, 2.24) is 0 Å². The van der Waals surface area contributed by atoms with E-state index in [-0.39, 0.29) is 5.75 Å². The zero-order valence-corrected chi connectivity index (χ0v) is 6.69. The van der Waals surface area contributed by atoms with Crippen LogP contribution in [0.2, 0.25) is 0 Å². The maximum Gasteiger partial charge on any atom is 0.160 e. The molecule has 0 saturated carbocycles. The van der Waals surface area contributed by atoms with Crippen molar-refractivity contribution in [2.45, 2.75) is 6.23 Å². The van der Waals surface area contributed by atoms with Crippen LogP contribution in [0, 0.1) is 0 Å². The Morgan fingerprint density at radius 2 is 2.17 bits per heavy atom. The van der Waals surface area contributed by atoms with Gasteiger partial charge in [0.25, 0.3) is 0 Å². The van der Waals surface area contributed by atoms with Gasteiger partial charge in [-0.1, -0.05) is 6.07 Å². The number of ether oxygens (including phenoxy) is 1. The molecule has 0 fully saturated rings. The van der Waals surface area contributed by atoms with Crippen LogP contribution >= 0.6 is 0 Å². The number of phenolic OH excluding ortho intramolecular Hbond substituents is 1. The highest BCUT2D eigenvalue weighted by Crippen LogP contribution is 2.27. The largest absolute Gasteiger partial charge is 0.504 e. The van der Waals surface area contributed by atoms with E-state index in [2.05, 4.69) is 0 Å². The molecule has 0 saturated heterocycles. The fraction of sp³-hybridized carbons (Fsp3) is 0.250. The van der Waals surface area contributed by atoms with Gasteiger partial charge in [0.1, 0.15) is 6.23 Å². The van der Waals surface area contributed by atoms with E-state index in [9.17, 15) is 0 Å². The molecule has 0 aliphatic carbocycles. The number of hydrogen-bond donors (Lipinski definition) is 3. The summed E-state index contributed by atoms with van der Waals surface area (Å²) in [5.74, 6) is 0.332. The van der Waals surface area contributed by atoms with Crippen LogP contribution in [0.4, 0.5) is 0 Å². The molecular formula is C8H11NO3. The molecule has 1 aromatic rings. The molecule has 66 valence electrons. The van der Waals surface area contributed by atoms with Gasteiger partial charge in [-0.05, 0) is 17.7 Å². The minimum Gasteiger partial charge on any atom is -0.504 e. The quantitative estimate of drug-likeness (QED) is 0.558. The number of aliphatic hydroxyl groups is 1. The van der Waals surface area contributed by atoms with Crippen molar-refractivity contribution in [2.24, 2.45) is 5.73 Å². The van der Waals surface area contributed by atoms with Crippen LogP contribution < -0.4 is 10.5 Å². The molecule has 4 heteroatoms. The summed E-state index contributed by atoms with van der Waals surface area (Å²) in [7, 11) is 1.43. The number of nitrogens with two attached hydrogens (primary N) is 1. The SMILES string of the molecule is COc1cc(C(N)O)ccc1O. The van der Waals surface area contributed by atoms with Crippen LogP contribution in [0.25, 0.3) is 0 Å². The molecule has 4 N–H and O–H groups in total. The van der Waals surface area contributed by atoms with E-state index in [1.165, 1.54) is 25.3 Å². The lowest BCUT2D eigenvalue weighted by atomic mass is 10.2. The summed E-state index contributed by atoms with van der Waals surface area (Å²) in [6.07, 6.45) is -1.04.